The number of hydrogen-bond donors (Lipinski definition) is 2. The van der Waals surface area contributed by atoms with E-state index in [0.29, 0.717) is 17.3 Å². The van der Waals surface area contributed by atoms with E-state index in [9.17, 15) is 4.79 Å². The Labute approximate surface area is 112 Å². The summed E-state index contributed by atoms with van der Waals surface area (Å²) in [6, 6.07) is 0. The lowest BCUT2D eigenvalue weighted by atomic mass is 9.97. The summed E-state index contributed by atoms with van der Waals surface area (Å²) in [6.45, 7) is 2.12. The van der Waals surface area contributed by atoms with E-state index in [4.69, 9.17) is 18.0 Å². The van der Waals surface area contributed by atoms with Crippen LogP contribution in [-0.2, 0) is 11.8 Å². The average Bonchev–Trinajstić information content (AvgIpc) is 2.86. The van der Waals surface area contributed by atoms with Crippen LogP contribution in [0.1, 0.15) is 31.7 Å². The number of nitrogens with one attached hydrogen (secondary N) is 1. The van der Waals surface area contributed by atoms with Crippen LogP contribution in [-0.4, -0.2) is 20.7 Å². The van der Waals surface area contributed by atoms with Crippen LogP contribution >= 0.6 is 12.2 Å². The number of thiocarbonyl (C=S) groups is 1. The van der Waals surface area contributed by atoms with Crippen molar-refractivity contribution in [1.82, 2.24) is 9.78 Å². The lowest BCUT2D eigenvalue weighted by molar-refractivity contribution is -0.120. The molecule has 0 saturated heterocycles. The Hall–Kier alpha value is -1.43. The van der Waals surface area contributed by atoms with Crippen LogP contribution < -0.4 is 11.1 Å². The number of anilines is 1. The third kappa shape index (κ3) is 2.38. The third-order valence-electron chi connectivity index (χ3n) is 3.64. The van der Waals surface area contributed by atoms with Crippen LogP contribution in [0.5, 0.6) is 0 Å². The number of nitrogens with zero attached hydrogens (tertiary/aromatic N) is 2. The molecular weight excluding hydrogens is 248 g/mol. The number of carbonyl (C=O) groups excluding carboxylic acids is 1. The minimum absolute atomic E-state index is 0.0427. The number of rotatable bonds is 3. The minimum atomic E-state index is 0.0427. The normalized spacial score (nSPS) is 23.0. The van der Waals surface area contributed by atoms with E-state index in [1.165, 1.54) is 0 Å². The second kappa shape index (κ2) is 5.06. The summed E-state index contributed by atoms with van der Waals surface area (Å²) in [5, 5.41) is 6.98. The maximum atomic E-state index is 12.2. The maximum absolute atomic E-state index is 12.2. The van der Waals surface area contributed by atoms with E-state index in [1.54, 1.807) is 17.9 Å². The number of hydrogen-bond acceptors (Lipinski definition) is 3. The van der Waals surface area contributed by atoms with Crippen molar-refractivity contribution in [2.24, 2.45) is 24.6 Å². The molecule has 0 bridgehead atoms. The monoisotopic (exact) mass is 266 g/mol. The van der Waals surface area contributed by atoms with Crippen LogP contribution in [0.4, 0.5) is 5.82 Å². The molecule has 1 fully saturated rings. The Morgan fingerprint density at radius 1 is 1.61 bits per heavy atom. The molecule has 98 valence electrons. The molecule has 1 aromatic heterocycles. The van der Waals surface area contributed by atoms with Gasteiger partial charge in [-0.3, -0.25) is 9.48 Å². The Kier molecular flexibility index (Phi) is 3.65. The number of carbonyl (C=O) groups is 1. The van der Waals surface area contributed by atoms with Gasteiger partial charge in [-0.05, 0) is 18.8 Å². The first kappa shape index (κ1) is 13.0. The van der Waals surface area contributed by atoms with E-state index in [2.05, 4.69) is 17.3 Å². The first-order valence-electron chi connectivity index (χ1n) is 6.13. The predicted octanol–water partition coefficient (Wildman–Crippen LogP) is 1.43. The highest BCUT2D eigenvalue weighted by atomic mass is 32.1. The van der Waals surface area contributed by atoms with Crippen LogP contribution in [0.15, 0.2) is 6.20 Å². The fourth-order valence-electron chi connectivity index (χ4n) is 2.51. The second-order valence-corrected chi connectivity index (χ2v) is 5.34. The van der Waals surface area contributed by atoms with Gasteiger partial charge in [-0.15, -0.1) is 0 Å². The summed E-state index contributed by atoms with van der Waals surface area (Å²) in [7, 11) is 1.76. The first-order valence-corrected chi connectivity index (χ1v) is 6.54. The zero-order chi connectivity index (χ0) is 13.3. The molecule has 3 N–H and O–H groups in total. The lowest BCUT2D eigenvalue weighted by Crippen LogP contribution is -2.27. The smallest absolute Gasteiger partial charge is 0.228 e. The molecule has 2 unspecified atom stereocenters. The highest BCUT2D eigenvalue weighted by molar-refractivity contribution is 7.80. The van der Waals surface area contributed by atoms with Crippen molar-refractivity contribution in [2.45, 2.75) is 26.2 Å². The molecule has 1 aromatic rings. The SMILES string of the molecule is CC1CCCC1C(=O)Nc1c(C(N)=S)cnn1C. The molecule has 2 atom stereocenters. The van der Waals surface area contributed by atoms with Gasteiger partial charge in [0.15, 0.2) is 0 Å². The van der Waals surface area contributed by atoms with Crippen molar-refractivity contribution in [3.8, 4) is 0 Å². The highest BCUT2D eigenvalue weighted by Crippen LogP contribution is 2.32. The summed E-state index contributed by atoms with van der Waals surface area (Å²) in [5.41, 5.74) is 6.23. The molecular formula is C12H18N4OS. The molecule has 0 spiro atoms. The predicted molar refractivity (Wildman–Crippen MR) is 74.2 cm³/mol. The second-order valence-electron chi connectivity index (χ2n) is 4.90. The zero-order valence-corrected chi connectivity index (χ0v) is 11.5. The summed E-state index contributed by atoms with van der Waals surface area (Å²) >= 11 is 4.95. The van der Waals surface area contributed by atoms with Crippen molar-refractivity contribution in [3.05, 3.63) is 11.8 Å². The molecule has 0 aromatic carbocycles. The van der Waals surface area contributed by atoms with Crippen LogP contribution in [0.2, 0.25) is 0 Å². The van der Waals surface area contributed by atoms with Gasteiger partial charge >= 0.3 is 0 Å². The molecule has 1 saturated carbocycles. The van der Waals surface area contributed by atoms with E-state index in [1.807, 2.05) is 0 Å². The molecule has 5 nitrogen and oxygen atoms in total. The molecule has 18 heavy (non-hydrogen) atoms. The summed E-state index contributed by atoms with van der Waals surface area (Å²) in [4.78, 5) is 12.5. The van der Waals surface area contributed by atoms with E-state index in [-0.39, 0.29) is 16.8 Å². The molecule has 1 aliphatic rings. The largest absolute Gasteiger partial charge is 0.389 e. The topological polar surface area (TPSA) is 72.9 Å². The summed E-state index contributed by atoms with van der Waals surface area (Å²) in [5.74, 6) is 1.15. The Morgan fingerprint density at radius 3 is 2.89 bits per heavy atom. The Balaban J connectivity index is 2.16. The number of aryl methyl sites for hydroxylation is 1. The van der Waals surface area contributed by atoms with Crippen LogP contribution in [0.3, 0.4) is 0 Å². The molecule has 2 rings (SSSR count). The van der Waals surface area contributed by atoms with E-state index >= 15 is 0 Å². The Bertz CT molecular complexity index is 482. The van der Waals surface area contributed by atoms with Gasteiger partial charge in [0.25, 0.3) is 0 Å². The fourth-order valence-corrected chi connectivity index (χ4v) is 2.66. The van der Waals surface area contributed by atoms with Gasteiger partial charge in [0.2, 0.25) is 5.91 Å². The van der Waals surface area contributed by atoms with Crippen molar-refractivity contribution < 1.29 is 4.79 Å². The number of amides is 1. The summed E-state index contributed by atoms with van der Waals surface area (Å²) < 4.78 is 1.59. The third-order valence-corrected chi connectivity index (χ3v) is 3.86. The fraction of sp³-hybridized carbons (Fsp3) is 0.583. The molecule has 6 heteroatoms. The van der Waals surface area contributed by atoms with Gasteiger partial charge < -0.3 is 11.1 Å². The van der Waals surface area contributed by atoms with Crippen molar-refractivity contribution >= 4 is 28.9 Å². The summed E-state index contributed by atoms with van der Waals surface area (Å²) in [6.07, 6.45) is 4.77. The van der Waals surface area contributed by atoms with Crippen molar-refractivity contribution in [2.75, 3.05) is 5.32 Å². The molecule has 1 amide bonds. The molecule has 1 heterocycles. The molecule has 0 aliphatic heterocycles. The van der Waals surface area contributed by atoms with Crippen LogP contribution in [0.25, 0.3) is 0 Å². The lowest BCUT2D eigenvalue weighted by Gasteiger charge is -2.15. The maximum Gasteiger partial charge on any atom is 0.228 e. The van der Waals surface area contributed by atoms with Crippen molar-refractivity contribution in [1.29, 1.82) is 0 Å². The first-order chi connectivity index (χ1) is 8.50. The number of nitrogens with two attached hydrogens (primary N) is 1. The van der Waals surface area contributed by atoms with E-state index < -0.39 is 0 Å². The molecule has 1 aliphatic carbocycles. The zero-order valence-electron chi connectivity index (χ0n) is 10.6. The van der Waals surface area contributed by atoms with Gasteiger partial charge in [-0.1, -0.05) is 25.6 Å². The number of aromatic nitrogens is 2. The van der Waals surface area contributed by atoms with Gasteiger partial charge in [-0.25, -0.2) is 0 Å². The quantitative estimate of drug-likeness (QED) is 0.812. The van der Waals surface area contributed by atoms with Gasteiger partial charge in [-0.2, -0.15) is 5.10 Å². The Morgan fingerprint density at radius 2 is 2.33 bits per heavy atom. The van der Waals surface area contributed by atoms with Gasteiger partial charge in [0, 0.05) is 13.0 Å². The standard InChI is InChI=1S/C12H18N4OS/c1-7-4-3-5-8(7)12(17)15-11-9(10(13)18)6-14-16(11)2/h6-8H,3-5H2,1-2H3,(H2,13,18)(H,15,17). The van der Waals surface area contributed by atoms with Crippen LogP contribution in [0, 0.1) is 11.8 Å². The highest BCUT2D eigenvalue weighted by Gasteiger charge is 2.30. The van der Waals surface area contributed by atoms with Gasteiger partial charge in [0.1, 0.15) is 10.8 Å². The minimum Gasteiger partial charge on any atom is -0.389 e. The van der Waals surface area contributed by atoms with Crippen molar-refractivity contribution in [3.63, 3.8) is 0 Å². The average molecular weight is 266 g/mol. The van der Waals surface area contributed by atoms with E-state index in [0.717, 1.165) is 19.3 Å². The van der Waals surface area contributed by atoms with Gasteiger partial charge in [0.05, 0.1) is 11.8 Å². The molecule has 0 radical (unpaired) electrons.